The molecule has 0 fully saturated rings. The van der Waals surface area contributed by atoms with Crippen LogP contribution in [0.3, 0.4) is 0 Å². The molecule has 2 aromatic carbocycles. The number of ether oxygens (including phenoxy) is 2. The fourth-order valence-corrected chi connectivity index (χ4v) is 2.68. The molecule has 0 aliphatic heterocycles. The molecule has 3 rings (SSSR count). The number of para-hydroxylation sites is 1. The van der Waals surface area contributed by atoms with Crippen molar-refractivity contribution in [3.63, 3.8) is 0 Å². The predicted molar refractivity (Wildman–Crippen MR) is 93.7 cm³/mol. The third-order valence-corrected chi connectivity index (χ3v) is 3.87. The largest absolute Gasteiger partial charge is 0.461 e. The average molecular weight is 321 g/mol. The summed E-state index contributed by atoms with van der Waals surface area (Å²) in [7, 11) is 0. The van der Waals surface area contributed by atoms with Crippen LogP contribution in [-0.4, -0.2) is 17.6 Å². The highest BCUT2D eigenvalue weighted by atomic mass is 16.5. The number of benzene rings is 2. The summed E-state index contributed by atoms with van der Waals surface area (Å²) in [6.07, 6.45) is 0. The van der Waals surface area contributed by atoms with Gasteiger partial charge in [-0.15, -0.1) is 0 Å². The van der Waals surface area contributed by atoms with Crippen LogP contribution in [0.1, 0.15) is 28.7 Å². The molecule has 1 aromatic heterocycles. The molecule has 0 bridgehead atoms. The Morgan fingerprint density at radius 1 is 1.00 bits per heavy atom. The lowest BCUT2D eigenvalue weighted by molar-refractivity contribution is 0.0518. The van der Waals surface area contributed by atoms with Crippen molar-refractivity contribution < 1.29 is 14.3 Å². The van der Waals surface area contributed by atoms with Gasteiger partial charge in [-0.05, 0) is 56.0 Å². The number of hydrogen-bond donors (Lipinski definition) is 0. The van der Waals surface area contributed by atoms with E-state index in [0.717, 1.165) is 33.5 Å². The minimum atomic E-state index is -0.385. The first kappa shape index (κ1) is 16.0. The van der Waals surface area contributed by atoms with Gasteiger partial charge in [0.15, 0.2) is 5.69 Å². The summed E-state index contributed by atoms with van der Waals surface area (Å²) in [5, 5.41) is 1.94. The predicted octanol–water partition coefficient (Wildman–Crippen LogP) is 4.82. The lowest BCUT2D eigenvalue weighted by Gasteiger charge is -2.12. The minimum Gasteiger partial charge on any atom is -0.461 e. The first-order valence-corrected chi connectivity index (χ1v) is 7.91. The minimum absolute atomic E-state index is 0.334. The Morgan fingerprint density at radius 3 is 2.46 bits per heavy atom. The molecular weight excluding hydrogens is 302 g/mol. The maximum Gasteiger partial charge on any atom is 0.357 e. The second kappa shape index (κ2) is 6.71. The van der Waals surface area contributed by atoms with E-state index in [-0.39, 0.29) is 5.97 Å². The Hall–Kier alpha value is -2.88. The van der Waals surface area contributed by atoms with Gasteiger partial charge in [0.25, 0.3) is 0 Å². The van der Waals surface area contributed by atoms with Gasteiger partial charge in [-0.1, -0.05) is 24.3 Å². The molecule has 4 heteroatoms. The number of carbonyl (C=O) groups is 1. The number of nitrogens with zero attached hydrogens (tertiary/aromatic N) is 1. The van der Waals surface area contributed by atoms with Crippen molar-refractivity contribution in [3.05, 3.63) is 65.5 Å². The lowest BCUT2D eigenvalue weighted by Crippen LogP contribution is -2.10. The van der Waals surface area contributed by atoms with E-state index in [1.165, 1.54) is 0 Å². The third-order valence-electron chi connectivity index (χ3n) is 3.87. The van der Waals surface area contributed by atoms with E-state index in [4.69, 9.17) is 9.47 Å². The molecule has 0 saturated heterocycles. The molecule has 0 N–H and O–H groups in total. The van der Waals surface area contributed by atoms with Crippen molar-refractivity contribution in [1.82, 2.24) is 4.98 Å². The first-order valence-electron chi connectivity index (χ1n) is 7.91. The fraction of sp³-hybridized carbons (Fsp3) is 0.200. The van der Waals surface area contributed by atoms with Gasteiger partial charge in [-0.25, -0.2) is 9.78 Å². The van der Waals surface area contributed by atoms with Crippen LogP contribution in [-0.2, 0) is 4.74 Å². The second-order valence-electron chi connectivity index (χ2n) is 5.51. The van der Waals surface area contributed by atoms with Crippen molar-refractivity contribution in [2.45, 2.75) is 20.8 Å². The molecule has 0 spiro atoms. The van der Waals surface area contributed by atoms with Crippen molar-refractivity contribution in [1.29, 1.82) is 0 Å². The van der Waals surface area contributed by atoms with Crippen LogP contribution in [0.15, 0.2) is 48.5 Å². The highest BCUT2D eigenvalue weighted by molar-refractivity contribution is 5.98. The van der Waals surface area contributed by atoms with Gasteiger partial charge < -0.3 is 9.47 Å². The summed E-state index contributed by atoms with van der Waals surface area (Å²) in [4.78, 5) is 16.5. The van der Waals surface area contributed by atoms with Crippen LogP contribution in [0.2, 0.25) is 0 Å². The fourth-order valence-electron chi connectivity index (χ4n) is 2.68. The maximum absolute atomic E-state index is 12.1. The molecule has 0 atom stereocenters. The quantitative estimate of drug-likeness (QED) is 0.646. The first-order chi connectivity index (χ1) is 11.6. The van der Waals surface area contributed by atoms with E-state index < -0.39 is 0 Å². The summed E-state index contributed by atoms with van der Waals surface area (Å²) in [5.74, 6) is 1.13. The Kier molecular flexibility index (Phi) is 4.47. The number of pyridine rings is 1. The van der Waals surface area contributed by atoms with Gasteiger partial charge in [0.2, 0.25) is 0 Å². The molecular formula is C20H19NO3. The van der Waals surface area contributed by atoms with Crippen molar-refractivity contribution in [2.75, 3.05) is 6.61 Å². The molecule has 0 aliphatic carbocycles. The Balaban J connectivity index is 2.03. The SMILES string of the molecule is CCOC(=O)c1nc(C)c2cc(Oc3ccccc3)ccc2c1C. The molecule has 1 heterocycles. The smallest absolute Gasteiger partial charge is 0.357 e. The maximum atomic E-state index is 12.1. The standard InChI is InChI=1S/C20H19NO3/c1-4-23-20(22)19-13(2)17-11-10-16(12-18(17)14(3)21-19)24-15-8-6-5-7-9-15/h5-12H,4H2,1-3H3. The van der Waals surface area contributed by atoms with Crippen LogP contribution in [0.5, 0.6) is 11.5 Å². The second-order valence-corrected chi connectivity index (χ2v) is 5.51. The summed E-state index contributed by atoms with van der Waals surface area (Å²) in [6, 6.07) is 15.4. The topological polar surface area (TPSA) is 48.4 Å². The Bertz CT molecular complexity index is 888. The van der Waals surface area contributed by atoms with E-state index in [2.05, 4.69) is 4.98 Å². The van der Waals surface area contributed by atoms with Gasteiger partial charge in [0, 0.05) is 11.1 Å². The lowest BCUT2D eigenvalue weighted by atomic mass is 10.0. The zero-order chi connectivity index (χ0) is 17.1. The zero-order valence-electron chi connectivity index (χ0n) is 14.0. The van der Waals surface area contributed by atoms with Crippen LogP contribution in [0, 0.1) is 13.8 Å². The third kappa shape index (κ3) is 3.08. The van der Waals surface area contributed by atoms with E-state index in [9.17, 15) is 4.79 Å². The molecule has 4 nitrogen and oxygen atoms in total. The molecule has 3 aromatic rings. The van der Waals surface area contributed by atoms with E-state index in [0.29, 0.717) is 12.3 Å². The number of rotatable bonds is 4. The van der Waals surface area contributed by atoms with Crippen LogP contribution < -0.4 is 4.74 Å². The number of hydrogen-bond acceptors (Lipinski definition) is 4. The molecule has 24 heavy (non-hydrogen) atoms. The Morgan fingerprint density at radius 2 is 1.75 bits per heavy atom. The van der Waals surface area contributed by atoms with E-state index >= 15 is 0 Å². The average Bonchev–Trinajstić information content (AvgIpc) is 2.59. The molecule has 0 aliphatic rings. The number of aromatic nitrogens is 1. The van der Waals surface area contributed by atoms with Gasteiger partial charge >= 0.3 is 5.97 Å². The normalized spacial score (nSPS) is 10.6. The summed E-state index contributed by atoms with van der Waals surface area (Å²) in [5.41, 5.74) is 1.97. The highest BCUT2D eigenvalue weighted by Crippen LogP contribution is 2.29. The molecule has 0 unspecified atom stereocenters. The van der Waals surface area contributed by atoms with Crippen molar-refractivity contribution in [2.24, 2.45) is 0 Å². The van der Waals surface area contributed by atoms with Gasteiger partial charge in [0.1, 0.15) is 11.5 Å². The molecule has 0 amide bonds. The number of carbonyl (C=O) groups excluding carboxylic acids is 1. The Labute approximate surface area is 141 Å². The highest BCUT2D eigenvalue weighted by Gasteiger charge is 2.16. The summed E-state index contributed by atoms with van der Waals surface area (Å²) < 4.78 is 11.0. The number of aryl methyl sites for hydroxylation is 2. The molecule has 122 valence electrons. The van der Waals surface area contributed by atoms with Crippen molar-refractivity contribution in [3.8, 4) is 11.5 Å². The number of fused-ring (bicyclic) bond motifs is 1. The van der Waals surface area contributed by atoms with Gasteiger partial charge in [-0.3, -0.25) is 0 Å². The summed E-state index contributed by atoms with van der Waals surface area (Å²) in [6.45, 7) is 5.89. The molecule has 0 radical (unpaired) electrons. The van der Waals surface area contributed by atoms with Crippen molar-refractivity contribution >= 4 is 16.7 Å². The zero-order valence-corrected chi connectivity index (χ0v) is 14.0. The van der Waals surface area contributed by atoms with E-state index in [1.807, 2.05) is 62.4 Å². The van der Waals surface area contributed by atoms with Crippen LogP contribution in [0.4, 0.5) is 0 Å². The van der Waals surface area contributed by atoms with Crippen LogP contribution in [0.25, 0.3) is 10.8 Å². The summed E-state index contributed by atoms with van der Waals surface area (Å²) >= 11 is 0. The van der Waals surface area contributed by atoms with Gasteiger partial charge in [0.05, 0.1) is 6.61 Å². The van der Waals surface area contributed by atoms with E-state index in [1.54, 1.807) is 6.92 Å². The monoisotopic (exact) mass is 321 g/mol. The molecule has 0 saturated carbocycles. The van der Waals surface area contributed by atoms with Gasteiger partial charge in [-0.2, -0.15) is 0 Å². The number of esters is 1. The van der Waals surface area contributed by atoms with Crippen LogP contribution >= 0.6 is 0 Å².